The maximum atomic E-state index is 8.78. The summed E-state index contributed by atoms with van der Waals surface area (Å²) in [7, 11) is 1.65. The molecule has 0 aliphatic rings. The Balaban J connectivity index is 2.60. The molecule has 0 saturated heterocycles. The van der Waals surface area contributed by atoms with Crippen LogP contribution in [0.15, 0.2) is 18.2 Å². The van der Waals surface area contributed by atoms with Gasteiger partial charge in [-0.2, -0.15) is 0 Å². The van der Waals surface area contributed by atoms with Gasteiger partial charge in [-0.05, 0) is 12.5 Å². The molecule has 0 heterocycles. The van der Waals surface area contributed by atoms with Crippen molar-refractivity contribution < 1.29 is 14.6 Å². The molecule has 2 N–H and O–H groups in total. The number of aliphatic hydroxyl groups excluding tert-OH is 1. The molecule has 4 heteroatoms. The Hall–Kier alpha value is -1.26. The van der Waals surface area contributed by atoms with Crippen molar-refractivity contribution in [1.82, 2.24) is 5.32 Å². The van der Waals surface area contributed by atoms with Crippen molar-refractivity contribution in [2.75, 3.05) is 26.9 Å². The first-order chi connectivity index (χ1) is 9.31. The fourth-order valence-electron chi connectivity index (χ4n) is 1.78. The van der Waals surface area contributed by atoms with Crippen molar-refractivity contribution in [3.05, 3.63) is 23.8 Å². The molecule has 0 saturated carbocycles. The third-order valence-corrected chi connectivity index (χ3v) is 2.88. The number of rotatable bonds is 10. The van der Waals surface area contributed by atoms with Crippen LogP contribution in [0.3, 0.4) is 0 Å². The highest BCUT2D eigenvalue weighted by molar-refractivity contribution is 5.40. The zero-order valence-electron chi connectivity index (χ0n) is 11.9. The summed E-state index contributed by atoms with van der Waals surface area (Å²) in [6.07, 6.45) is 3.44. The smallest absolute Gasteiger partial charge is 0.127 e. The maximum Gasteiger partial charge on any atom is 0.127 e. The summed E-state index contributed by atoms with van der Waals surface area (Å²) in [5.74, 6) is 1.66. The van der Waals surface area contributed by atoms with E-state index in [1.165, 1.54) is 12.8 Å². The number of unbranched alkanes of at least 4 members (excludes halogenated alkanes) is 2. The highest BCUT2D eigenvalue weighted by Gasteiger charge is 2.05. The summed E-state index contributed by atoms with van der Waals surface area (Å²) in [6.45, 7) is 4.32. The second-order valence-corrected chi connectivity index (χ2v) is 4.43. The van der Waals surface area contributed by atoms with Crippen LogP contribution in [0.25, 0.3) is 0 Å². The molecule has 0 aromatic heterocycles. The topological polar surface area (TPSA) is 50.7 Å². The van der Waals surface area contributed by atoms with E-state index < -0.39 is 0 Å². The van der Waals surface area contributed by atoms with Gasteiger partial charge in [-0.3, -0.25) is 0 Å². The minimum atomic E-state index is 0.142. The summed E-state index contributed by atoms with van der Waals surface area (Å²) in [5, 5.41) is 11.9. The van der Waals surface area contributed by atoms with Crippen LogP contribution in [0.1, 0.15) is 31.7 Å². The predicted molar refractivity (Wildman–Crippen MR) is 76.8 cm³/mol. The highest BCUT2D eigenvalue weighted by Crippen LogP contribution is 2.25. The molecule has 0 bridgehead atoms. The van der Waals surface area contributed by atoms with Crippen LogP contribution >= 0.6 is 0 Å². The molecule has 0 unspecified atom stereocenters. The zero-order valence-corrected chi connectivity index (χ0v) is 11.9. The summed E-state index contributed by atoms with van der Waals surface area (Å²) in [6, 6.07) is 5.84. The molecule has 1 aromatic rings. The number of hydrogen-bond donors (Lipinski definition) is 2. The van der Waals surface area contributed by atoms with Gasteiger partial charge in [0.05, 0.1) is 20.3 Å². The minimum absolute atomic E-state index is 0.142. The number of hydrogen-bond acceptors (Lipinski definition) is 4. The lowest BCUT2D eigenvalue weighted by atomic mass is 10.2. The van der Waals surface area contributed by atoms with Crippen molar-refractivity contribution in [2.24, 2.45) is 0 Å². The third kappa shape index (κ3) is 5.94. The second kappa shape index (κ2) is 9.64. The molecule has 1 aromatic carbocycles. The molecule has 0 aliphatic carbocycles. The standard InChI is InChI=1S/C15H25NO3/c1-3-4-5-10-19-15-11-14(18-2)7-6-13(15)12-16-8-9-17/h6-7,11,16-17H,3-5,8-10,12H2,1-2H3. The number of nitrogens with one attached hydrogen (secondary N) is 1. The summed E-state index contributed by atoms with van der Waals surface area (Å²) in [5.41, 5.74) is 1.09. The SMILES string of the molecule is CCCCCOc1cc(OC)ccc1CNCCO. The van der Waals surface area contributed by atoms with E-state index in [2.05, 4.69) is 12.2 Å². The number of benzene rings is 1. The largest absolute Gasteiger partial charge is 0.497 e. The lowest BCUT2D eigenvalue weighted by Gasteiger charge is -2.13. The Morgan fingerprint density at radius 2 is 2.11 bits per heavy atom. The molecule has 108 valence electrons. The maximum absolute atomic E-state index is 8.78. The van der Waals surface area contributed by atoms with E-state index >= 15 is 0 Å². The molecule has 0 spiro atoms. The van der Waals surface area contributed by atoms with Crippen LogP contribution in [-0.4, -0.2) is 32.0 Å². The van der Waals surface area contributed by atoms with Crippen molar-refractivity contribution in [3.8, 4) is 11.5 Å². The van der Waals surface area contributed by atoms with Gasteiger partial charge in [0.15, 0.2) is 0 Å². The molecule has 1 rings (SSSR count). The van der Waals surface area contributed by atoms with Gasteiger partial charge >= 0.3 is 0 Å². The van der Waals surface area contributed by atoms with Crippen LogP contribution < -0.4 is 14.8 Å². The van der Waals surface area contributed by atoms with Crippen LogP contribution in [0.5, 0.6) is 11.5 Å². The average molecular weight is 267 g/mol. The van der Waals surface area contributed by atoms with Crippen molar-refractivity contribution in [2.45, 2.75) is 32.7 Å². The first-order valence-corrected chi connectivity index (χ1v) is 6.93. The fraction of sp³-hybridized carbons (Fsp3) is 0.600. The van der Waals surface area contributed by atoms with Gasteiger partial charge < -0.3 is 19.9 Å². The third-order valence-electron chi connectivity index (χ3n) is 2.88. The Labute approximate surface area is 115 Å². The van der Waals surface area contributed by atoms with E-state index in [0.717, 1.165) is 30.1 Å². The molecule has 0 fully saturated rings. The van der Waals surface area contributed by atoms with Crippen LogP contribution in [0.2, 0.25) is 0 Å². The van der Waals surface area contributed by atoms with Crippen LogP contribution in [0.4, 0.5) is 0 Å². The number of methoxy groups -OCH3 is 1. The molecule has 0 aliphatic heterocycles. The van der Waals surface area contributed by atoms with Gasteiger partial charge in [-0.15, -0.1) is 0 Å². The average Bonchev–Trinajstić information content (AvgIpc) is 2.45. The molecule has 4 nitrogen and oxygen atoms in total. The monoisotopic (exact) mass is 267 g/mol. The highest BCUT2D eigenvalue weighted by atomic mass is 16.5. The number of ether oxygens (including phenoxy) is 2. The summed E-state index contributed by atoms with van der Waals surface area (Å²) < 4.78 is 11.1. The molecule has 19 heavy (non-hydrogen) atoms. The van der Waals surface area contributed by atoms with Crippen LogP contribution in [-0.2, 0) is 6.54 Å². The van der Waals surface area contributed by atoms with Crippen molar-refractivity contribution in [3.63, 3.8) is 0 Å². The van der Waals surface area contributed by atoms with E-state index in [1.807, 2.05) is 18.2 Å². The Morgan fingerprint density at radius 1 is 1.26 bits per heavy atom. The van der Waals surface area contributed by atoms with Gasteiger partial charge in [-0.25, -0.2) is 0 Å². The Kier molecular flexibility index (Phi) is 8.02. The predicted octanol–water partition coefficient (Wildman–Crippen LogP) is 2.35. The van der Waals surface area contributed by atoms with Gasteiger partial charge in [0.25, 0.3) is 0 Å². The van der Waals surface area contributed by atoms with E-state index in [-0.39, 0.29) is 6.61 Å². The van der Waals surface area contributed by atoms with Gasteiger partial charge in [0, 0.05) is 24.7 Å². The quantitative estimate of drug-likeness (QED) is 0.639. The van der Waals surface area contributed by atoms with E-state index in [9.17, 15) is 0 Å². The summed E-state index contributed by atoms with van der Waals surface area (Å²) in [4.78, 5) is 0. The molecule has 0 atom stereocenters. The summed E-state index contributed by atoms with van der Waals surface area (Å²) >= 11 is 0. The molecule has 0 amide bonds. The van der Waals surface area contributed by atoms with Crippen molar-refractivity contribution in [1.29, 1.82) is 0 Å². The number of aliphatic hydroxyl groups is 1. The molecule has 0 radical (unpaired) electrons. The zero-order chi connectivity index (χ0) is 13.9. The van der Waals surface area contributed by atoms with E-state index in [1.54, 1.807) is 7.11 Å². The Morgan fingerprint density at radius 3 is 2.79 bits per heavy atom. The van der Waals surface area contributed by atoms with Gasteiger partial charge in [-0.1, -0.05) is 25.8 Å². The first-order valence-electron chi connectivity index (χ1n) is 6.93. The van der Waals surface area contributed by atoms with Gasteiger partial charge in [0.1, 0.15) is 11.5 Å². The first kappa shape index (κ1) is 15.8. The minimum Gasteiger partial charge on any atom is -0.497 e. The fourth-order valence-corrected chi connectivity index (χ4v) is 1.78. The normalized spacial score (nSPS) is 10.5. The van der Waals surface area contributed by atoms with Crippen LogP contribution in [0, 0.1) is 0 Å². The van der Waals surface area contributed by atoms with E-state index in [0.29, 0.717) is 13.1 Å². The second-order valence-electron chi connectivity index (χ2n) is 4.43. The molecular weight excluding hydrogens is 242 g/mol. The van der Waals surface area contributed by atoms with Gasteiger partial charge in [0.2, 0.25) is 0 Å². The lowest BCUT2D eigenvalue weighted by molar-refractivity contribution is 0.287. The van der Waals surface area contributed by atoms with E-state index in [4.69, 9.17) is 14.6 Å². The lowest BCUT2D eigenvalue weighted by Crippen LogP contribution is -2.18. The Bertz CT molecular complexity index is 355. The van der Waals surface area contributed by atoms with Crippen molar-refractivity contribution >= 4 is 0 Å². The molecular formula is C15H25NO3.